The number of piperidine rings is 1. The molecule has 21 heavy (non-hydrogen) atoms. The highest BCUT2D eigenvalue weighted by molar-refractivity contribution is 9.09. The molecule has 2 aliphatic rings. The van der Waals surface area contributed by atoms with E-state index in [1.54, 1.807) is 0 Å². The predicted octanol–water partition coefficient (Wildman–Crippen LogP) is 3.37. The average molecular weight is 352 g/mol. The van der Waals surface area contributed by atoms with E-state index in [0.29, 0.717) is 0 Å². The van der Waals surface area contributed by atoms with E-state index >= 15 is 0 Å². The van der Waals surface area contributed by atoms with Gasteiger partial charge in [-0.1, -0.05) is 46.3 Å². The van der Waals surface area contributed by atoms with Crippen molar-refractivity contribution in [1.82, 2.24) is 4.90 Å². The molecule has 114 valence electrons. The third-order valence-electron chi connectivity index (χ3n) is 4.82. The Morgan fingerprint density at radius 3 is 2.62 bits per heavy atom. The summed E-state index contributed by atoms with van der Waals surface area (Å²) in [7, 11) is 0. The maximum atomic E-state index is 12.2. The van der Waals surface area contributed by atoms with Gasteiger partial charge in [-0.3, -0.25) is 9.69 Å². The Morgan fingerprint density at radius 2 is 1.95 bits per heavy atom. The second-order valence-electron chi connectivity index (χ2n) is 6.25. The normalized spacial score (nSPS) is 25.2. The van der Waals surface area contributed by atoms with E-state index in [9.17, 15) is 4.79 Å². The first-order valence-electron chi connectivity index (χ1n) is 7.75. The minimum absolute atomic E-state index is 0.0489. The lowest BCUT2D eigenvalue weighted by molar-refractivity contribution is -0.150. The molecule has 2 heterocycles. The van der Waals surface area contributed by atoms with E-state index in [4.69, 9.17) is 4.74 Å². The van der Waals surface area contributed by atoms with Gasteiger partial charge < -0.3 is 4.74 Å². The fourth-order valence-corrected chi connectivity index (χ4v) is 4.02. The van der Waals surface area contributed by atoms with E-state index in [1.807, 2.05) is 6.07 Å². The minimum Gasteiger partial charge on any atom is -0.462 e. The Balaban J connectivity index is 1.56. The summed E-state index contributed by atoms with van der Waals surface area (Å²) < 4.78 is 5.56. The molecule has 0 bridgehead atoms. The zero-order chi connectivity index (χ0) is 14.7. The number of likely N-dealkylation sites (tertiary alicyclic amines) is 1. The summed E-state index contributed by atoms with van der Waals surface area (Å²) in [6, 6.07) is 10.5. The molecule has 0 amide bonds. The van der Waals surface area contributed by atoms with Crippen LogP contribution in [-0.2, 0) is 16.1 Å². The van der Waals surface area contributed by atoms with Crippen molar-refractivity contribution < 1.29 is 9.53 Å². The van der Waals surface area contributed by atoms with Crippen LogP contribution in [0.1, 0.15) is 31.2 Å². The number of cyclic esters (lactones) is 1. The third-order valence-corrected chi connectivity index (χ3v) is 5.28. The van der Waals surface area contributed by atoms with Crippen molar-refractivity contribution in [3.8, 4) is 0 Å². The standard InChI is InChI=1S/C17H22BrNO2/c18-9-6-15-12-17(16(20)21-15)7-10-19(11-8-17)13-14-4-2-1-3-5-14/h1-5,15H,6-13H2. The molecule has 0 radical (unpaired) electrons. The van der Waals surface area contributed by atoms with E-state index in [-0.39, 0.29) is 17.5 Å². The summed E-state index contributed by atoms with van der Waals surface area (Å²) in [4.78, 5) is 14.7. The molecule has 3 rings (SSSR count). The van der Waals surface area contributed by atoms with Crippen LogP contribution in [0.2, 0.25) is 0 Å². The molecule has 1 spiro atoms. The number of ether oxygens (including phenoxy) is 1. The predicted molar refractivity (Wildman–Crippen MR) is 86.3 cm³/mol. The van der Waals surface area contributed by atoms with Crippen molar-refractivity contribution in [3.05, 3.63) is 35.9 Å². The van der Waals surface area contributed by atoms with Gasteiger partial charge in [0.05, 0.1) is 5.41 Å². The maximum absolute atomic E-state index is 12.2. The number of halogens is 1. The lowest BCUT2D eigenvalue weighted by atomic mass is 9.76. The van der Waals surface area contributed by atoms with Crippen LogP contribution in [0.3, 0.4) is 0 Å². The summed E-state index contributed by atoms with van der Waals surface area (Å²) in [5, 5.41) is 0.904. The van der Waals surface area contributed by atoms with E-state index in [2.05, 4.69) is 45.1 Å². The van der Waals surface area contributed by atoms with E-state index < -0.39 is 0 Å². The second-order valence-corrected chi connectivity index (χ2v) is 7.04. The summed E-state index contributed by atoms with van der Waals surface area (Å²) in [6.45, 7) is 2.97. The van der Waals surface area contributed by atoms with Gasteiger partial charge in [-0.15, -0.1) is 0 Å². The molecule has 2 saturated heterocycles. The monoisotopic (exact) mass is 351 g/mol. The molecule has 1 unspecified atom stereocenters. The molecule has 3 nitrogen and oxygen atoms in total. The molecular formula is C17H22BrNO2. The van der Waals surface area contributed by atoms with Crippen LogP contribution in [0, 0.1) is 5.41 Å². The van der Waals surface area contributed by atoms with Crippen molar-refractivity contribution in [3.63, 3.8) is 0 Å². The third kappa shape index (κ3) is 3.32. The topological polar surface area (TPSA) is 29.5 Å². The SMILES string of the molecule is O=C1OC(CCBr)CC12CCN(Cc1ccccc1)CC2. The van der Waals surface area contributed by atoms with Gasteiger partial charge in [0, 0.05) is 18.3 Å². The smallest absolute Gasteiger partial charge is 0.312 e. The lowest BCUT2D eigenvalue weighted by Crippen LogP contribution is -2.42. The summed E-state index contributed by atoms with van der Waals surface area (Å²) in [5.74, 6) is 0.0489. The molecule has 2 fully saturated rings. The number of carbonyl (C=O) groups excluding carboxylic acids is 1. The van der Waals surface area contributed by atoms with Crippen molar-refractivity contribution >= 4 is 21.9 Å². The largest absolute Gasteiger partial charge is 0.462 e. The van der Waals surface area contributed by atoms with Crippen LogP contribution in [0.25, 0.3) is 0 Å². The van der Waals surface area contributed by atoms with Crippen molar-refractivity contribution in [2.24, 2.45) is 5.41 Å². The highest BCUT2D eigenvalue weighted by Gasteiger charge is 2.49. The Kier molecular flexibility index (Phi) is 4.65. The number of nitrogens with zero attached hydrogens (tertiary/aromatic N) is 1. The first-order chi connectivity index (χ1) is 10.2. The first-order valence-corrected chi connectivity index (χ1v) is 8.87. The lowest BCUT2D eigenvalue weighted by Gasteiger charge is -2.36. The van der Waals surface area contributed by atoms with Crippen LogP contribution in [-0.4, -0.2) is 35.4 Å². The summed E-state index contributed by atoms with van der Waals surface area (Å²) >= 11 is 3.44. The Labute approximate surface area is 134 Å². The fourth-order valence-electron chi connectivity index (χ4n) is 3.51. The fraction of sp³-hybridized carbons (Fsp3) is 0.588. The van der Waals surface area contributed by atoms with Crippen LogP contribution in [0.4, 0.5) is 0 Å². The van der Waals surface area contributed by atoms with Crippen molar-refractivity contribution in [2.75, 3.05) is 18.4 Å². The van der Waals surface area contributed by atoms with Crippen LogP contribution >= 0.6 is 15.9 Å². The number of hydrogen-bond donors (Lipinski definition) is 0. The Bertz CT molecular complexity index is 483. The highest BCUT2D eigenvalue weighted by Crippen LogP contribution is 2.44. The van der Waals surface area contributed by atoms with Gasteiger partial charge in [-0.2, -0.15) is 0 Å². The zero-order valence-electron chi connectivity index (χ0n) is 12.3. The zero-order valence-corrected chi connectivity index (χ0v) is 13.8. The van der Waals surface area contributed by atoms with Crippen molar-refractivity contribution in [2.45, 2.75) is 38.3 Å². The van der Waals surface area contributed by atoms with E-state index in [0.717, 1.165) is 50.6 Å². The van der Waals surface area contributed by atoms with Crippen LogP contribution in [0.15, 0.2) is 30.3 Å². The number of carbonyl (C=O) groups is 1. The molecule has 4 heteroatoms. The molecular weight excluding hydrogens is 330 g/mol. The summed E-state index contributed by atoms with van der Waals surface area (Å²) in [5.41, 5.74) is 1.15. The molecule has 1 aromatic rings. The molecule has 1 aromatic carbocycles. The molecule has 1 atom stereocenters. The second kappa shape index (κ2) is 6.49. The van der Waals surface area contributed by atoms with Crippen LogP contribution < -0.4 is 0 Å². The van der Waals surface area contributed by atoms with Gasteiger partial charge in [0.15, 0.2) is 0 Å². The number of hydrogen-bond acceptors (Lipinski definition) is 3. The van der Waals surface area contributed by atoms with E-state index in [1.165, 1.54) is 5.56 Å². The number of benzene rings is 1. The molecule has 0 aromatic heterocycles. The first kappa shape index (κ1) is 15.0. The Morgan fingerprint density at radius 1 is 1.24 bits per heavy atom. The molecule has 2 aliphatic heterocycles. The van der Waals surface area contributed by atoms with Gasteiger partial charge in [-0.25, -0.2) is 0 Å². The van der Waals surface area contributed by atoms with Gasteiger partial charge in [0.1, 0.15) is 6.10 Å². The summed E-state index contributed by atoms with van der Waals surface area (Å²) in [6.07, 6.45) is 3.85. The van der Waals surface area contributed by atoms with Gasteiger partial charge in [0.25, 0.3) is 0 Å². The number of alkyl halides is 1. The minimum atomic E-state index is -0.194. The molecule has 0 saturated carbocycles. The highest BCUT2D eigenvalue weighted by atomic mass is 79.9. The molecule has 0 N–H and O–H groups in total. The maximum Gasteiger partial charge on any atom is 0.312 e. The average Bonchev–Trinajstić information content (AvgIpc) is 2.79. The molecule has 0 aliphatic carbocycles. The van der Waals surface area contributed by atoms with Gasteiger partial charge in [0.2, 0.25) is 0 Å². The number of rotatable bonds is 4. The van der Waals surface area contributed by atoms with Gasteiger partial charge >= 0.3 is 5.97 Å². The quantitative estimate of drug-likeness (QED) is 0.615. The van der Waals surface area contributed by atoms with Crippen molar-refractivity contribution in [1.29, 1.82) is 0 Å². The van der Waals surface area contributed by atoms with Crippen LogP contribution in [0.5, 0.6) is 0 Å². The Hall–Kier alpha value is -0.870. The number of esters is 1. The van der Waals surface area contributed by atoms with Gasteiger partial charge in [-0.05, 0) is 37.9 Å².